The van der Waals surface area contributed by atoms with Crippen molar-refractivity contribution < 1.29 is 9.53 Å². The van der Waals surface area contributed by atoms with Gasteiger partial charge in [-0.3, -0.25) is 4.79 Å². The largest absolute Gasteiger partial charge is 0.381 e. The summed E-state index contributed by atoms with van der Waals surface area (Å²) >= 11 is 0. The third kappa shape index (κ3) is 4.11. The number of ether oxygens (including phenoxy) is 1. The second-order valence-corrected chi connectivity index (χ2v) is 6.25. The SMILES string of the molecule is Cc1ccc(C)c(Nc2ccc(NC(=O)C3CCOCC3)cn2)c1. The third-order valence-electron chi connectivity index (χ3n) is 4.28. The summed E-state index contributed by atoms with van der Waals surface area (Å²) in [5, 5.41) is 6.26. The van der Waals surface area contributed by atoms with E-state index in [2.05, 4.69) is 47.7 Å². The van der Waals surface area contributed by atoms with E-state index in [1.54, 1.807) is 6.20 Å². The summed E-state index contributed by atoms with van der Waals surface area (Å²) in [6.07, 6.45) is 3.25. The monoisotopic (exact) mass is 325 g/mol. The summed E-state index contributed by atoms with van der Waals surface area (Å²) in [5.41, 5.74) is 4.13. The average molecular weight is 325 g/mol. The maximum Gasteiger partial charge on any atom is 0.227 e. The van der Waals surface area contributed by atoms with Crippen LogP contribution in [-0.4, -0.2) is 24.1 Å². The van der Waals surface area contributed by atoms with Crippen LogP contribution in [0.2, 0.25) is 0 Å². The van der Waals surface area contributed by atoms with Gasteiger partial charge in [-0.05, 0) is 56.0 Å². The van der Waals surface area contributed by atoms with Crippen LogP contribution in [0.15, 0.2) is 36.5 Å². The van der Waals surface area contributed by atoms with Crippen molar-refractivity contribution in [3.05, 3.63) is 47.7 Å². The molecule has 5 heteroatoms. The Morgan fingerprint density at radius 2 is 1.96 bits per heavy atom. The van der Waals surface area contributed by atoms with Crippen molar-refractivity contribution in [3.8, 4) is 0 Å². The molecule has 3 rings (SSSR count). The first-order chi connectivity index (χ1) is 11.6. The van der Waals surface area contributed by atoms with E-state index in [9.17, 15) is 4.79 Å². The Morgan fingerprint density at radius 3 is 2.67 bits per heavy atom. The molecule has 0 unspecified atom stereocenters. The lowest BCUT2D eigenvalue weighted by atomic mass is 9.99. The minimum atomic E-state index is 0.0338. The maximum atomic E-state index is 12.2. The standard InChI is InChI=1S/C19H23N3O2/c1-13-3-4-14(2)17(11-13)22-18-6-5-16(12-20-18)21-19(23)15-7-9-24-10-8-15/h3-6,11-12,15H,7-10H2,1-2H3,(H,20,22)(H,21,23). The van der Waals surface area contributed by atoms with E-state index >= 15 is 0 Å². The van der Waals surface area contributed by atoms with Crippen molar-refractivity contribution >= 4 is 23.1 Å². The second-order valence-electron chi connectivity index (χ2n) is 6.25. The van der Waals surface area contributed by atoms with Gasteiger partial charge in [0.2, 0.25) is 5.91 Å². The summed E-state index contributed by atoms with van der Waals surface area (Å²) in [6.45, 7) is 5.45. The number of nitrogens with zero attached hydrogens (tertiary/aromatic N) is 1. The van der Waals surface area contributed by atoms with E-state index in [0.717, 1.165) is 30.0 Å². The molecule has 0 atom stereocenters. The van der Waals surface area contributed by atoms with Crippen molar-refractivity contribution in [1.82, 2.24) is 4.98 Å². The van der Waals surface area contributed by atoms with E-state index in [1.807, 2.05) is 12.1 Å². The molecule has 1 aliphatic heterocycles. The van der Waals surface area contributed by atoms with E-state index in [0.29, 0.717) is 13.2 Å². The van der Waals surface area contributed by atoms with Crippen LogP contribution in [0.25, 0.3) is 0 Å². The van der Waals surface area contributed by atoms with Gasteiger partial charge in [-0.25, -0.2) is 4.98 Å². The first-order valence-corrected chi connectivity index (χ1v) is 8.31. The van der Waals surface area contributed by atoms with Crippen LogP contribution >= 0.6 is 0 Å². The molecule has 0 radical (unpaired) electrons. The van der Waals surface area contributed by atoms with Crippen molar-refractivity contribution in [2.45, 2.75) is 26.7 Å². The molecule has 2 N–H and O–H groups in total. The lowest BCUT2D eigenvalue weighted by molar-refractivity contribution is -0.122. The van der Waals surface area contributed by atoms with Crippen molar-refractivity contribution in [2.24, 2.45) is 5.92 Å². The number of amides is 1. The first kappa shape index (κ1) is 16.5. The molecule has 5 nitrogen and oxygen atoms in total. The van der Waals surface area contributed by atoms with Gasteiger partial charge in [0.1, 0.15) is 5.82 Å². The summed E-state index contributed by atoms with van der Waals surface area (Å²) in [7, 11) is 0. The van der Waals surface area contributed by atoms with Crippen LogP contribution in [0.1, 0.15) is 24.0 Å². The molecule has 2 aromatic rings. The highest BCUT2D eigenvalue weighted by Gasteiger charge is 2.21. The fourth-order valence-corrected chi connectivity index (χ4v) is 2.75. The molecule has 2 heterocycles. The fraction of sp³-hybridized carbons (Fsp3) is 0.368. The van der Waals surface area contributed by atoms with Gasteiger partial charge >= 0.3 is 0 Å². The zero-order valence-corrected chi connectivity index (χ0v) is 14.1. The van der Waals surface area contributed by atoms with Crippen LogP contribution in [-0.2, 0) is 9.53 Å². The number of anilines is 3. The molecule has 1 amide bonds. The summed E-state index contributed by atoms with van der Waals surface area (Å²) < 4.78 is 5.29. The minimum absolute atomic E-state index is 0.0338. The Bertz CT molecular complexity index is 707. The molecule has 0 bridgehead atoms. The van der Waals surface area contributed by atoms with Gasteiger partial charge in [-0.1, -0.05) is 12.1 Å². The molecule has 1 fully saturated rings. The van der Waals surface area contributed by atoms with E-state index < -0.39 is 0 Å². The Hall–Kier alpha value is -2.40. The molecule has 0 saturated carbocycles. The highest BCUT2D eigenvalue weighted by atomic mass is 16.5. The first-order valence-electron chi connectivity index (χ1n) is 8.31. The molecule has 1 aromatic heterocycles. The number of aromatic nitrogens is 1. The van der Waals surface area contributed by atoms with Gasteiger partial charge in [0.25, 0.3) is 0 Å². The number of nitrogens with one attached hydrogen (secondary N) is 2. The number of aryl methyl sites for hydroxylation is 2. The van der Waals surface area contributed by atoms with Crippen LogP contribution in [0.5, 0.6) is 0 Å². The van der Waals surface area contributed by atoms with Crippen LogP contribution in [0.3, 0.4) is 0 Å². The molecule has 1 aliphatic rings. The van der Waals surface area contributed by atoms with Gasteiger partial charge in [0.05, 0.1) is 11.9 Å². The van der Waals surface area contributed by atoms with Gasteiger partial charge in [0, 0.05) is 24.8 Å². The lowest BCUT2D eigenvalue weighted by Crippen LogP contribution is -2.28. The molecule has 24 heavy (non-hydrogen) atoms. The van der Waals surface area contributed by atoms with Crippen LogP contribution in [0, 0.1) is 19.8 Å². The zero-order valence-electron chi connectivity index (χ0n) is 14.1. The molecule has 0 aliphatic carbocycles. The summed E-state index contributed by atoms with van der Waals surface area (Å²) in [6, 6.07) is 10.0. The Kier molecular flexibility index (Phi) is 5.11. The molecule has 126 valence electrons. The molecular formula is C19H23N3O2. The molecule has 1 aromatic carbocycles. The number of carbonyl (C=O) groups excluding carboxylic acids is 1. The second kappa shape index (κ2) is 7.45. The summed E-state index contributed by atoms with van der Waals surface area (Å²) in [4.78, 5) is 16.6. The lowest BCUT2D eigenvalue weighted by Gasteiger charge is -2.21. The topological polar surface area (TPSA) is 63.2 Å². The summed E-state index contributed by atoms with van der Waals surface area (Å²) in [5.74, 6) is 0.842. The van der Waals surface area contributed by atoms with E-state index in [1.165, 1.54) is 11.1 Å². The van der Waals surface area contributed by atoms with Crippen molar-refractivity contribution in [2.75, 3.05) is 23.8 Å². The number of rotatable bonds is 4. The Labute approximate surface area is 142 Å². The average Bonchev–Trinajstić information content (AvgIpc) is 2.60. The molecule has 1 saturated heterocycles. The fourth-order valence-electron chi connectivity index (χ4n) is 2.75. The van der Waals surface area contributed by atoms with Gasteiger partial charge in [-0.15, -0.1) is 0 Å². The van der Waals surface area contributed by atoms with Crippen molar-refractivity contribution in [3.63, 3.8) is 0 Å². The predicted octanol–water partition coefficient (Wildman–Crippen LogP) is 3.81. The van der Waals surface area contributed by atoms with E-state index in [-0.39, 0.29) is 11.8 Å². The predicted molar refractivity (Wildman–Crippen MR) is 95.6 cm³/mol. The number of pyridine rings is 1. The van der Waals surface area contributed by atoms with Crippen LogP contribution < -0.4 is 10.6 Å². The van der Waals surface area contributed by atoms with Gasteiger partial charge < -0.3 is 15.4 Å². The highest BCUT2D eigenvalue weighted by molar-refractivity contribution is 5.92. The molecule has 0 spiro atoms. The third-order valence-corrected chi connectivity index (χ3v) is 4.28. The molecular weight excluding hydrogens is 302 g/mol. The van der Waals surface area contributed by atoms with Gasteiger partial charge in [0.15, 0.2) is 0 Å². The van der Waals surface area contributed by atoms with Gasteiger partial charge in [-0.2, -0.15) is 0 Å². The van der Waals surface area contributed by atoms with Crippen LogP contribution in [0.4, 0.5) is 17.2 Å². The smallest absolute Gasteiger partial charge is 0.227 e. The number of hydrogen-bond acceptors (Lipinski definition) is 4. The minimum Gasteiger partial charge on any atom is -0.381 e. The number of hydrogen-bond donors (Lipinski definition) is 2. The Morgan fingerprint density at radius 1 is 1.17 bits per heavy atom. The van der Waals surface area contributed by atoms with E-state index in [4.69, 9.17) is 4.74 Å². The maximum absolute atomic E-state index is 12.2. The Balaban J connectivity index is 1.62. The highest BCUT2D eigenvalue weighted by Crippen LogP contribution is 2.22. The number of carbonyl (C=O) groups is 1. The quantitative estimate of drug-likeness (QED) is 0.897. The normalized spacial score (nSPS) is 15.1. The number of benzene rings is 1. The zero-order chi connectivity index (χ0) is 16.9. The van der Waals surface area contributed by atoms with Crippen molar-refractivity contribution in [1.29, 1.82) is 0 Å².